The number of aromatic nitrogens is 4. The first kappa shape index (κ1) is 22.1. The fourth-order valence-corrected chi connectivity index (χ4v) is 4.36. The molecule has 2 aliphatic heterocycles. The molecule has 3 amide bonds. The number of carbonyl (C=O) groups excluding carboxylic acids is 2. The van der Waals surface area contributed by atoms with E-state index in [1.165, 1.54) is 0 Å². The van der Waals surface area contributed by atoms with Crippen LogP contribution in [0.15, 0.2) is 54.9 Å². The van der Waals surface area contributed by atoms with Crippen LogP contribution in [0.5, 0.6) is 5.88 Å². The monoisotopic (exact) mass is 481 g/mol. The van der Waals surface area contributed by atoms with Crippen LogP contribution in [-0.4, -0.2) is 80.5 Å². The second-order valence-corrected chi connectivity index (χ2v) is 8.65. The van der Waals surface area contributed by atoms with Gasteiger partial charge in [0.05, 0.1) is 0 Å². The Bertz CT molecular complexity index is 1150. The number of hydrogen-bond acceptors (Lipinski definition) is 6. The van der Waals surface area contributed by atoms with E-state index >= 15 is 0 Å². The summed E-state index contributed by atoms with van der Waals surface area (Å²) < 4.78 is 7.58. The Hall–Kier alpha value is -3.66. The molecule has 2 aromatic heterocycles. The minimum atomic E-state index is -0.175. The van der Waals surface area contributed by atoms with E-state index in [1.54, 1.807) is 56.0 Å². The van der Waals surface area contributed by atoms with Gasteiger partial charge in [0.25, 0.3) is 0 Å². The molecular weight excluding hydrogens is 458 g/mol. The van der Waals surface area contributed by atoms with Crippen molar-refractivity contribution in [2.75, 3.05) is 37.6 Å². The van der Waals surface area contributed by atoms with Crippen LogP contribution in [0.2, 0.25) is 5.02 Å². The molecule has 0 unspecified atom stereocenters. The minimum absolute atomic E-state index is 0.0411. The van der Waals surface area contributed by atoms with Gasteiger partial charge in [-0.2, -0.15) is 5.10 Å². The average molecular weight is 482 g/mol. The maximum absolute atomic E-state index is 12.8. The maximum Gasteiger partial charge on any atom is 0.325 e. The maximum atomic E-state index is 12.8. The van der Waals surface area contributed by atoms with Gasteiger partial charge < -0.3 is 14.5 Å². The van der Waals surface area contributed by atoms with Gasteiger partial charge in [-0.25, -0.2) is 9.48 Å². The van der Waals surface area contributed by atoms with Crippen LogP contribution >= 0.6 is 11.6 Å². The average Bonchev–Trinajstić information content (AvgIpc) is 3.51. The Morgan fingerprint density at radius 3 is 2.62 bits per heavy atom. The number of halogens is 1. The molecular formula is C23H24ClN7O3. The Kier molecular flexibility index (Phi) is 6.31. The third-order valence-electron chi connectivity index (χ3n) is 5.99. The molecule has 1 aromatic carbocycles. The molecule has 34 heavy (non-hydrogen) atoms. The van der Waals surface area contributed by atoms with Crippen LogP contribution in [0, 0.1) is 0 Å². The van der Waals surface area contributed by atoms with Gasteiger partial charge in [-0.3, -0.25) is 9.69 Å². The van der Waals surface area contributed by atoms with Gasteiger partial charge in [0.1, 0.15) is 12.6 Å². The van der Waals surface area contributed by atoms with E-state index in [2.05, 4.69) is 15.3 Å². The Labute approximate surface area is 201 Å². The van der Waals surface area contributed by atoms with Crippen molar-refractivity contribution in [3.8, 4) is 11.7 Å². The fraction of sp³-hybridized carbons (Fsp3) is 0.348. The van der Waals surface area contributed by atoms with Crippen molar-refractivity contribution in [3.05, 3.63) is 59.9 Å². The molecule has 0 saturated carbocycles. The number of hydrogen-bond donors (Lipinski definition) is 0. The Morgan fingerprint density at radius 2 is 1.91 bits per heavy atom. The molecule has 2 saturated heterocycles. The topological polar surface area (TPSA) is 96.7 Å². The number of anilines is 1. The molecule has 10 nitrogen and oxygen atoms in total. The largest absolute Gasteiger partial charge is 0.473 e. The third kappa shape index (κ3) is 4.81. The number of ether oxygens (including phenoxy) is 1. The van der Waals surface area contributed by atoms with Gasteiger partial charge >= 0.3 is 6.03 Å². The van der Waals surface area contributed by atoms with Crippen molar-refractivity contribution in [1.82, 2.24) is 29.8 Å². The van der Waals surface area contributed by atoms with Gasteiger partial charge in [-0.1, -0.05) is 17.7 Å². The third-order valence-corrected chi connectivity index (χ3v) is 6.22. The first-order valence-electron chi connectivity index (χ1n) is 11.2. The van der Waals surface area contributed by atoms with Crippen molar-refractivity contribution < 1.29 is 14.3 Å². The predicted molar refractivity (Wildman–Crippen MR) is 125 cm³/mol. The summed E-state index contributed by atoms with van der Waals surface area (Å²) in [6.07, 6.45) is 4.81. The molecule has 5 rings (SSSR count). The SMILES string of the molecule is O=C(CN1CCN(c2cccc(Cl)c2)C1=O)N1CCC(Oc2ccc(-n3cccn3)nn2)CC1. The van der Waals surface area contributed by atoms with E-state index in [9.17, 15) is 9.59 Å². The standard InChI is InChI=1S/C23H24ClN7O3/c24-17-3-1-4-18(15-17)30-14-13-29(23(30)33)16-22(32)28-11-7-19(8-12-28)34-21-6-5-20(26-27-21)31-10-2-9-25-31/h1-6,9-10,15,19H,7-8,11-14,16H2. The van der Waals surface area contributed by atoms with Crippen molar-refractivity contribution in [3.63, 3.8) is 0 Å². The molecule has 11 heteroatoms. The minimum Gasteiger partial charge on any atom is -0.473 e. The smallest absolute Gasteiger partial charge is 0.325 e. The molecule has 0 radical (unpaired) electrons. The lowest BCUT2D eigenvalue weighted by Crippen LogP contribution is -2.47. The zero-order valence-electron chi connectivity index (χ0n) is 18.5. The first-order chi connectivity index (χ1) is 16.6. The highest BCUT2D eigenvalue weighted by atomic mass is 35.5. The summed E-state index contributed by atoms with van der Waals surface area (Å²) in [4.78, 5) is 30.7. The summed E-state index contributed by atoms with van der Waals surface area (Å²) in [5.41, 5.74) is 0.742. The molecule has 0 atom stereocenters. The highest BCUT2D eigenvalue weighted by molar-refractivity contribution is 6.30. The van der Waals surface area contributed by atoms with E-state index in [0.717, 1.165) is 5.69 Å². The quantitative estimate of drug-likeness (QED) is 0.537. The van der Waals surface area contributed by atoms with Gasteiger partial charge in [-0.05, 0) is 30.3 Å². The van der Waals surface area contributed by atoms with Crippen molar-refractivity contribution >= 4 is 29.2 Å². The van der Waals surface area contributed by atoms with Gasteiger partial charge in [-0.15, -0.1) is 10.2 Å². The second kappa shape index (κ2) is 9.68. The van der Waals surface area contributed by atoms with Crippen molar-refractivity contribution in [1.29, 1.82) is 0 Å². The van der Waals surface area contributed by atoms with E-state index in [4.69, 9.17) is 16.3 Å². The summed E-state index contributed by atoms with van der Waals surface area (Å²) in [6.45, 7) is 2.25. The molecule has 2 fully saturated rings. The predicted octanol–water partition coefficient (Wildman–Crippen LogP) is 2.63. The van der Waals surface area contributed by atoms with Crippen molar-refractivity contribution in [2.45, 2.75) is 18.9 Å². The summed E-state index contributed by atoms with van der Waals surface area (Å²) in [5.74, 6) is 1.01. The summed E-state index contributed by atoms with van der Waals surface area (Å²) in [5, 5.41) is 13.0. The Balaban J connectivity index is 1.10. The molecule has 0 aliphatic carbocycles. The summed E-state index contributed by atoms with van der Waals surface area (Å²) >= 11 is 6.05. The molecule has 0 bridgehead atoms. The first-order valence-corrected chi connectivity index (χ1v) is 11.5. The van der Waals surface area contributed by atoms with E-state index in [-0.39, 0.29) is 24.6 Å². The van der Waals surface area contributed by atoms with Gasteiger partial charge in [0.15, 0.2) is 5.82 Å². The summed E-state index contributed by atoms with van der Waals surface area (Å²) in [6, 6.07) is 12.4. The van der Waals surface area contributed by atoms with Gasteiger partial charge in [0.2, 0.25) is 11.8 Å². The lowest BCUT2D eigenvalue weighted by atomic mass is 10.1. The number of benzene rings is 1. The molecule has 2 aliphatic rings. The van der Waals surface area contributed by atoms with Crippen LogP contribution in [0.1, 0.15) is 12.8 Å². The van der Waals surface area contributed by atoms with E-state index in [0.29, 0.717) is 55.7 Å². The number of rotatable bonds is 6. The molecule has 3 aromatic rings. The van der Waals surface area contributed by atoms with E-state index < -0.39 is 0 Å². The highest BCUT2D eigenvalue weighted by Gasteiger charge is 2.33. The normalized spacial score (nSPS) is 16.9. The van der Waals surface area contributed by atoms with Crippen molar-refractivity contribution in [2.24, 2.45) is 0 Å². The highest BCUT2D eigenvalue weighted by Crippen LogP contribution is 2.24. The lowest BCUT2D eigenvalue weighted by molar-refractivity contribution is -0.133. The lowest BCUT2D eigenvalue weighted by Gasteiger charge is -2.32. The Morgan fingerprint density at radius 1 is 1.06 bits per heavy atom. The molecule has 0 spiro atoms. The molecule has 0 N–H and O–H groups in total. The van der Waals surface area contributed by atoms with Crippen LogP contribution in [0.3, 0.4) is 0 Å². The van der Waals surface area contributed by atoms with Crippen LogP contribution in [0.25, 0.3) is 5.82 Å². The van der Waals surface area contributed by atoms with Crippen LogP contribution in [-0.2, 0) is 4.79 Å². The number of likely N-dealkylation sites (tertiary alicyclic amines) is 1. The summed E-state index contributed by atoms with van der Waals surface area (Å²) in [7, 11) is 0. The molecule has 4 heterocycles. The second-order valence-electron chi connectivity index (χ2n) is 8.21. The van der Waals surface area contributed by atoms with Gasteiger partial charge in [0, 0.05) is 68.2 Å². The number of carbonyl (C=O) groups is 2. The van der Waals surface area contributed by atoms with Crippen LogP contribution < -0.4 is 9.64 Å². The fourth-order valence-electron chi connectivity index (χ4n) is 4.17. The number of amides is 3. The number of nitrogens with zero attached hydrogens (tertiary/aromatic N) is 7. The zero-order chi connectivity index (χ0) is 23.5. The zero-order valence-corrected chi connectivity index (χ0v) is 19.2. The number of piperidine rings is 1. The van der Waals surface area contributed by atoms with Crippen LogP contribution in [0.4, 0.5) is 10.5 Å². The molecule has 176 valence electrons. The number of urea groups is 1. The van der Waals surface area contributed by atoms with E-state index in [1.807, 2.05) is 18.2 Å².